The Kier molecular flexibility index (Phi) is 4.21. The molecule has 4 rings (SSSR count). The molecule has 1 N–H and O–H groups in total. The highest BCUT2D eigenvalue weighted by atomic mass is 16.5. The summed E-state index contributed by atoms with van der Waals surface area (Å²) in [5.41, 5.74) is 2.15. The Labute approximate surface area is 151 Å². The van der Waals surface area contributed by atoms with Crippen molar-refractivity contribution in [2.24, 2.45) is 0 Å². The van der Waals surface area contributed by atoms with Crippen LogP contribution in [0.25, 0.3) is 10.9 Å². The number of nitrogens with zero attached hydrogens (tertiary/aromatic N) is 2. The first-order valence-corrected chi connectivity index (χ1v) is 8.68. The van der Waals surface area contributed by atoms with E-state index >= 15 is 0 Å². The summed E-state index contributed by atoms with van der Waals surface area (Å²) < 4.78 is 5.46. The van der Waals surface area contributed by atoms with Crippen LogP contribution >= 0.6 is 0 Å². The number of ether oxygens (including phenoxy) is 1. The maximum absolute atomic E-state index is 13.1. The number of carbonyl (C=O) groups excluding carboxylic acids is 1. The molecule has 5 nitrogen and oxygen atoms in total. The number of aromatic hydroxyl groups is 1. The molecule has 1 aliphatic heterocycles. The van der Waals surface area contributed by atoms with E-state index in [2.05, 4.69) is 11.1 Å². The molecule has 0 bridgehead atoms. The molecule has 1 fully saturated rings. The summed E-state index contributed by atoms with van der Waals surface area (Å²) in [5, 5.41) is 11.0. The summed E-state index contributed by atoms with van der Waals surface area (Å²) in [7, 11) is 1.66. The first kappa shape index (κ1) is 16.4. The van der Waals surface area contributed by atoms with Crippen LogP contribution in [-0.4, -0.2) is 41.1 Å². The minimum absolute atomic E-state index is 0.0746. The van der Waals surface area contributed by atoms with E-state index in [4.69, 9.17) is 4.74 Å². The molecule has 2 aromatic carbocycles. The Morgan fingerprint density at radius 1 is 1.19 bits per heavy atom. The van der Waals surface area contributed by atoms with Gasteiger partial charge >= 0.3 is 0 Å². The van der Waals surface area contributed by atoms with Gasteiger partial charge in [0, 0.05) is 24.4 Å². The number of carbonyl (C=O) groups is 1. The summed E-state index contributed by atoms with van der Waals surface area (Å²) in [6.07, 6.45) is 2.22. The zero-order valence-corrected chi connectivity index (χ0v) is 14.6. The van der Waals surface area contributed by atoms with Crippen LogP contribution in [0.5, 0.6) is 11.5 Å². The zero-order valence-electron chi connectivity index (χ0n) is 14.6. The third-order valence-corrected chi connectivity index (χ3v) is 5.02. The standard InChI is InChI=1S/C21H20N2O3/c1-26-19-9-5-3-6-15(19)14-10-11-23(13-14)21(25)20-16-7-2-4-8-17(16)22-12-18(20)24/h2-9,12,14,24H,10-11,13H2,1H3/t14-/m0/s1. The smallest absolute Gasteiger partial charge is 0.258 e. The summed E-state index contributed by atoms with van der Waals surface area (Å²) in [6.45, 7) is 1.26. The first-order valence-electron chi connectivity index (χ1n) is 8.68. The Bertz CT molecular complexity index is 970. The lowest BCUT2D eigenvalue weighted by Crippen LogP contribution is -2.28. The Morgan fingerprint density at radius 3 is 2.81 bits per heavy atom. The van der Waals surface area contributed by atoms with Crippen LogP contribution < -0.4 is 4.74 Å². The monoisotopic (exact) mass is 348 g/mol. The molecule has 0 spiro atoms. The number of hydrogen-bond acceptors (Lipinski definition) is 4. The molecule has 1 saturated heterocycles. The number of hydrogen-bond donors (Lipinski definition) is 1. The van der Waals surface area contributed by atoms with E-state index in [9.17, 15) is 9.90 Å². The van der Waals surface area contributed by atoms with E-state index in [1.165, 1.54) is 6.20 Å². The maximum Gasteiger partial charge on any atom is 0.258 e. The van der Waals surface area contributed by atoms with Crippen LogP contribution in [0, 0.1) is 0 Å². The molecule has 3 aromatic rings. The third-order valence-electron chi connectivity index (χ3n) is 5.02. The van der Waals surface area contributed by atoms with Gasteiger partial charge in [-0.1, -0.05) is 36.4 Å². The van der Waals surface area contributed by atoms with Crippen LogP contribution in [0.1, 0.15) is 28.3 Å². The second-order valence-corrected chi connectivity index (χ2v) is 6.51. The fourth-order valence-corrected chi connectivity index (χ4v) is 3.72. The highest BCUT2D eigenvalue weighted by Gasteiger charge is 2.31. The summed E-state index contributed by atoms with van der Waals surface area (Å²) >= 11 is 0. The van der Waals surface area contributed by atoms with E-state index in [1.807, 2.05) is 42.5 Å². The molecule has 1 amide bonds. The highest BCUT2D eigenvalue weighted by molar-refractivity contribution is 6.08. The molecule has 1 aromatic heterocycles. The molecule has 1 aliphatic rings. The zero-order chi connectivity index (χ0) is 18.1. The Balaban J connectivity index is 1.64. The van der Waals surface area contributed by atoms with Gasteiger partial charge in [0.25, 0.3) is 5.91 Å². The molecule has 1 atom stereocenters. The molecule has 132 valence electrons. The van der Waals surface area contributed by atoms with E-state index in [0.717, 1.165) is 17.7 Å². The lowest BCUT2D eigenvalue weighted by atomic mass is 9.97. The topological polar surface area (TPSA) is 62.7 Å². The minimum Gasteiger partial charge on any atom is -0.505 e. The summed E-state index contributed by atoms with van der Waals surface area (Å²) in [5.74, 6) is 0.849. The van der Waals surface area contributed by atoms with Crippen LogP contribution in [0.2, 0.25) is 0 Å². The van der Waals surface area contributed by atoms with Crippen molar-refractivity contribution in [3.05, 3.63) is 65.9 Å². The van der Waals surface area contributed by atoms with Crippen molar-refractivity contribution in [1.82, 2.24) is 9.88 Å². The molecule has 0 aliphatic carbocycles. The fraction of sp³-hybridized carbons (Fsp3) is 0.238. The molecule has 0 saturated carbocycles. The molecular weight excluding hydrogens is 328 g/mol. The number of fused-ring (bicyclic) bond motifs is 1. The molecule has 0 radical (unpaired) electrons. The number of aromatic nitrogens is 1. The van der Waals surface area contributed by atoms with Crippen molar-refractivity contribution in [2.75, 3.05) is 20.2 Å². The van der Waals surface area contributed by atoms with Gasteiger partial charge in [-0.05, 0) is 24.1 Å². The number of rotatable bonds is 3. The summed E-state index contributed by atoms with van der Waals surface area (Å²) in [6, 6.07) is 15.3. The van der Waals surface area contributed by atoms with Gasteiger partial charge in [0.05, 0.1) is 24.4 Å². The van der Waals surface area contributed by atoms with Crippen molar-refractivity contribution in [2.45, 2.75) is 12.3 Å². The largest absolute Gasteiger partial charge is 0.505 e. The highest BCUT2D eigenvalue weighted by Crippen LogP contribution is 2.35. The lowest BCUT2D eigenvalue weighted by Gasteiger charge is -2.19. The average molecular weight is 348 g/mol. The van der Waals surface area contributed by atoms with E-state index in [1.54, 1.807) is 12.0 Å². The van der Waals surface area contributed by atoms with Crippen LogP contribution in [0.15, 0.2) is 54.7 Å². The Hall–Kier alpha value is -3.08. The maximum atomic E-state index is 13.1. The first-order chi connectivity index (χ1) is 12.7. The molecule has 2 heterocycles. The van der Waals surface area contributed by atoms with E-state index in [-0.39, 0.29) is 17.6 Å². The number of likely N-dealkylation sites (tertiary alicyclic amines) is 1. The van der Waals surface area contributed by atoms with Gasteiger partial charge < -0.3 is 14.7 Å². The van der Waals surface area contributed by atoms with Gasteiger partial charge in [0.15, 0.2) is 0 Å². The second kappa shape index (κ2) is 6.67. The number of amides is 1. The van der Waals surface area contributed by atoms with Gasteiger partial charge in [-0.15, -0.1) is 0 Å². The second-order valence-electron chi connectivity index (χ2n) is 6.51. The van der Waals surface area contributed by atoms with Crippen molar-refractivity contribution in [1.29, 1.82) is 0 Å². The fourth-order valence-electron chi connectivity index (χ4n) is 3.72. The van der Waals surface area contributed by atoms with Crippen LogP contribution in [0.4, 0.5) is 0 Å². The van der Waals surface area contributed by atoms with Crippen LogP contribution in [0.3, 0.4) is 0 Å². The van der Waals surface area contributed by atoms with Gasteiger partial charge in [0.2, 0.25) is 0 Å². The van der Waals surface area contributed by atoms with Gasteiger partial charge in [0.1, 0.15) is 11.5 Å². The number of para-hydroxylation sites is 2. The SMILES string of the molecule is COc1ccccc1[C@H]1CCN(C(=O)c2c(O)cnc3ccccc23)C1. The predicted molar refractivity (Wildman–Crippen MR) is 99.7 cm³/mol. The minimum atomic E-state index is -0.154. The van der Waals surface area contributed by atoms with E-state index in [0.29, 0.717) is 29.6 Å². The summed E-state index contributed by atoms with van der Waals surface area (Å²) in [4.78, 5) is 19.1. The van der Waals surface area contributed by atoms with Crippen molar-refractivity contribution in [3.8, 4) is 11.5 Å². The average Bonchev–Trinajstić information content (AvgIpc) is 3.17. The predicted octanol–water partition coefficient (Wildman–Crippen LogP) is 3.58. The number of benzene rings is 2. The number of pyridine rings is 1. The van der Waals surface area contributed by atoms with Gasteiger partial charge in [-0.25, -0.2) is 0 Å². The normalized spacial score (nSPS) is 16.8. The quantitative estimate of drug-likeness (QED) is 0.786. The van der Waals surface area contributed by atoms with Crippen molar-refractivity contribution < 1.29 is 14.6 Å². The van der Waals surface area contributed by atoms with Gasteiger partial charge in [-0.3, -0.25) is 9.78 Å². The van der Waals surface area contributed by atoms with Crippen molar-refractivity contribution in [3.63, 3.8) is 0 Å². The molecule has 26 heavy (non-hydrogen) atoms. The molecule has 5 heteroatoms. The van der Waals surface area contributed by atoms with Crippen LogP contribution in [-0.2, 0) is 0 Å². The van der Waals surface area contributed by atoms with E-state index < -0.39 is 0 Å². The lowest BCUT2D eigenvalue weighted by molar-refractivity contribution is 0.0789. The van der Waals surface area contributed by atoms with Gasteiger partial charge in [-0.2, -0.15) is 0 Å². The number of methoxy groups -OCH3 is 1. The van der Waals surface area contributed by atoms with Crippen molar-refractivity contribution >= 4 is 16.8 Å². The Morgan fingerprint density at radius 2 is 1.96 bits per heavy atom. The molecule has 0 unspecified atom stereocenters. The molecular formula is C21H20N2O3. The third kappa shape index (κ3) is 2.75.